The molecule has 2 aromatic rings. The van der Waals surface area contributed by atoms with Gasteiger partial charge in [-0.3, -0.25) is 0 Å². The highest BCUT2D eigenvalue weighted by Crippen LogP contribution is 2.31. The van der Waals surface area contributed by atoms with Crippen molar-refractivity contribution < 1.29 is 9.13 Å². The minimum atomic E-state index is -0.217. The first-order valence-corrected chi connectivity index (χ1v) is 7.85. The van der Waals surface area contributed by atoms with Gasteiger partial charge in [-0.05, 0) is 55.8 Å². The molecule has 4 heteroatoms. The van der Waals surface area contributed by atoms with Gasteiger partial charge < -0.3 is 10.1 Å². The summed E-state index contributed by atoms with van der Waals surface area (Å²) in [6.45, 7) is 0. The average molecular weight is 350 g/mol. The molecule has 110 valence electrons. The fourth-order valence-electron chi connectivity index (χ4n) is 2.38. The summed E-state index contributed by atoms with van der Waals surface area (Å²) in [6, 6.07) is 12.7. The van der Waals surface area contributed by atoms with Crippen LogP contribution in [-0.4, -0.2) is 13.2 Å². The number of benzene rings is 2. The summed E-state index contributed by atoms with van der Waals surface area (Å²) >= 11 is 3.40. The molecule has 0 heterocycles. The van der Waals surface area contributed by atoms with Crippen molar-refractivity contribution in [2.24, 2.45) is 0 Å². The maximum atomic E-state index is 14.1. The van der Waals surface area contributed by atoms with Gasteiger partial charge in [-0.1, -0.05) is 28.1 Å². The van der Waals surface area contributed by atoms with Crippen LogP contribution in [0.4, 0.5) is 4.39 Å². The van der Waals surface area contributed by atoms with Crippen molar-refractivity contribution in [3.63, 3.8) is 0 Å². The first kappa shape index (κ1) is 14.5. The lowest BCUT2D eigenvalue weighted by atomic mass is 9.98. The van der Waals surface area contributed by atoms with Crippen molar-refractivity contribution in [2.45, 2.75) is 25.0 Å². The van der Waals surface area contributed by atoms with E-state index in [-0.39, 0.29) is 11.9 Å². The zero-order chi connectivity index (χ0) is 14.8. The Morgan fingerprint density at radius 1 is 1.24 bits per heavy atom. The second-order valence-corrected chi connectivity index (χ2v) is 6.19. The molecule has 0 bridgehead atoms. The number of halogens is 2. The van der Waals surface area contributed by atoms with Crippen LogP contribution in [0.5, 0.6) is 5.75 Å². The largest absolute Gasteiger partial charge is 0.490 e. The third-order valence-corrected chi connectivity index (χ3v) is 4.07. The average Bonchev–Trinajstić information content (AvgIpc) is 3.28. The lowest BCUT2D eigenvalue weighted by Gasteiger charge is -2.19. The summed E-state index contributed by atoms with van der Waals surface area (Å²) in [7, 11) is 1.83. The second kappa shape index (κ2) is 6.16. The van der Waals surface area contributed by atoms with Crippen LogP contribution in [0.25, 0.3) is 0 Å². The quantitative estimate of drug-likeness (QED) is 0.861. The number of rotatable bonds is 5. The van der Waals surface area contributed by atoms with Gasteiger partial charge in [0.15, 0.2) is 0 Å². The summed E-state index contributed by atoms with van der Waals surface area (Å²) in [5.41, 5.74) is 1.61. The van der Waals surface area contributed by atoms with E-state index in [1.54, 1.807) is 6.07 Å². The molecule has 1 N–H and O–H groups in total. The smallest absolute Gasteiger partial charge is 0.128 e. The van der Waals surface area contributed by atoms with Crippen LogP contribution in [0, 0.1) is 5.82 Å². The molecule has 1 saturated carbocycles. The molecule has 0 spiro atoms. The molecule has 2 aromatic carbocycles. The molecule has 1 fully saturated rings. The van der Waals surface area contributed by atoms with E-state index in [0.717, 1.165) is 28.6 Å². The number of hydrogen-bond acceptors (Lipinski definition) is 2. The molecular formula is C17H17BrFNO. The fraction of sp³-hybridized carbons (Fsp3) is 0.294. The van der Waals surface area contributed by atoms with Crippen LogP contribution >= 0.6 is 15.9 Å². The van der Waals surface area contributed by atoms with Gasteiger partial charge in [-0.15, -0.1) is 0 Å². The molecule has 1 aliphatic carbocycles. The molecule has 2 nitrogen and oxygen atoms in total. The summed E-state index contributed by atoms with van der Waals surface area (Å²) < 4.78 is 20.8. The summed E-state index contributed by atoms with van der Waals surface area (Å²) in [6.07, 6.45) is 2.61. The lowest BCUT2D eigenvalue weighted by molar-refractivity contribution is 0.302. The van der Waals surface area contributed by atoms with Crippen molar-refractivity contribution in [2.75, 3.05) is 7.05 Å². The van der Waals surface area contributed by atoms with Gasteiger partial charge in [0.2, 0.25) is 0 Å². The van der Waals surface area contributed by atoms with E-state index in [4.69, 9.17) is 4.74 Å². The first-order chi connectivity index (χ1) is 10.2. The van der Waals surface area contributed by atoms with E-state index < -0.39 is 0 Å². The molecule has 0 amide bonds. The van der Waals surface area contributed by atoms with E-state index in [1.165, 1.54) is 6.07 Å². The highest BCUT2D eigenvalue weighted by atomic mass is 79.9. The molecule has 1 unspecified atom stereocenters. The third kappa shape index (κ3) is 3.44. The van der Waals surface area contributed by atoms with Crippen molar-refractivity contribution in [3.05, 3.63) is 63.9 Å². The van der Waals surface area contributed by atoms with Gasteiger partial charge in [0, 0.05) is 10.0 Å². The van der Waals surface area contributed by atoms with Crippen LogP contribution in [-0.2, 0) is 0 Å². The van der Waals surface area contributed by atoms with Gasteiger partial charge in [-0.2, -0.15) is 0 Å². The van der Waals surface area contributed by atoms with E-state index in [9.17, 15) is 4.39 Å². The van der Waals surface area contributed by atoms with Gasteiger partial charge in [-0.25, -0.2) is 4.39 Å². The maximum Gasteiger partial charge on any atom is 0.128 e. The van der Waals surface area contributed by atoms with E-state index in [1.807, 2.05) is 37.4 Å². The zero-order valence-electron chi connectivity index (χ0n) is 11.8. The van der Waals surface area contributed by atoms with Crippen LogP contribution in [0.1, 0.15) is 30.0 Å². The standard InChI is InChI=1S/C17H17BrFNO/c1-20-17(15-10-12(18)5-8-16(15)19)11-3-2-4-14(9-11)21-13-6-7-13/h2-5,8-10,13,17,20H,6-7H2,1H3. The van der Waals surface area contributed by atoms with Gasteiger partial charge in [0.25, 0.3) is 0 Å². The van der Waals surface area contributed by atoms with Crippen LogP contribution < -0.4 is 10.1 Å². The molecule has 0 saturated heterocycles. The minimum Gasteiger partial charge on any atom is -0.490 e. The SMILES string of the molecule is CNC(c1cccc(OC2CC2)c1)c1cc(Br)ccc1F. The van der Waals surface area contributed by atoms with Gasteiger partial charge in [0.1, 0.15) is 11.6 Å². The topological polar surface area (TPSA) is 21.3 Å². The van der Waals surface area contributed by atoms with Gasteiger partial charge >= 0.3 is 0 Å². The van der Waals surface area contributed by atoms with E-state index >= 15 is 0 Å². The van der Waals surface area contributed by atoms with E-state index in [2.05, 4.69) is 21.2 Å². The highest BCUT2D eigenvalue weighted by molar-refractivity contribution is 9.10. The normalized spacial score (nSPS) is 15.8. The predicted octanol–water partition coefficient (Wildman–Crippen LogP) is 4.44. The highest BCUT2D eigenvalue weighted by Gasteiger charge is 2.24. The van der Waals surface area contributed by atoms with Crippen LogP contribution in [0.15, 0.2) is 46.9 Å². The predicted molar refractivity (Wildman–Crippen MR) is 85.1 cm³/mol. The number of hydrogen-bond donors (Lipinski definition) is 1. The summed E-state index contributed by atoms with van der Waals surface area (Å²) in [5.74, 6) is 0.636. The number of ether oxygens (including phenoxy) is 1. The second-order valence-electron chi connectivity index (χ2n) is 5.28. The molecule has 0 radical (unpaired) electrons. The molecule has 1 atom stereocenters. The molecule has 3 rings (SSSR count). The molecular weight excluding hydrogens is 333 g/mol. The zero-order valence-corrected chi connectivity index (χ0v) is 13.4. The first-order valence-electron chi connectivity index (χ1n) is 7.06. The lowest BCUT2D eigenvalue weighted by Crippen LogP contribution is -2.19. The minimum absolute atomic E-state index is 0.203. The van der Waals surface area contributed by atoms with Crippen molar-refractivity contribution >= 4 is 15.9 Å². The molecule has 0 aliphatic heterocycles. The van der Waals surface area contributed by atoms with Crippen LogP contribution in [0.2, 0.25) is 0 Å². The van der Waals surface area contributed by atoms with Gasteiger partial charge in [0.05, 0.1) is 12.1 Å². The molecule has 0 aromatic heterocycles. The Hall–Kier alpha value is -1.39. The Balaban J connectivity index is 1.93. The summed E-state index contributed by atoms with van der Waals surface area (Å²) in [4.78, 5) is 0. The third-order valence-electron chi connectivity index (χ3n) is 3.58. The van der Waals surface area contributed by atoms with Crippen LogP contribution in [0.3, 0.4) is 0 Å². The fourth-order valence-corrected chi connectivity index (χ4v) is 2.76. The Morgan fingerprint density at radius 3 is 2.76 bits per heavy atom. The Labute approximate surface area is 132 Å². The van der Waals surface area contributed by atoms with Crippen molar-refractivity contribution in [1.82, 2.24) is 5.32 Å². The number of nitrogens with one attached hydrogen (secondary N) is 1. The Kier molecular flexibility index (Phi) is 4.27. The Bertz CT molecular complexity index is 642. The van der Waals surface area contributed by atoms with Crippen molar-refractivity contribution in [3.8, 4) is 5.75 Å². The van der Waals surface area contributed by atoms with E-state index in [0.29, 0.717) is 11.7 Å². The Morgan fingerprint density at radius 2 is 2.05 bits per heavy atom. The van der Waals surface area contributed by atoms with Crippen molar-refractivity contribution in [1.29, 1.82) is 0 Å². The molecule has 21 heavy (non-hydrogen) atoms. The summed E-state index contributed by atoms with van der Waals surface area (Å²) in [5, 5.41) is 3.18. The maximum absolute atomic E-state index is 14.1. The molecule has 1 aliphatic rings. The monoisotopic (exact) mass is 349 g/mol.